The molecule has 0 fully saturated rings. The summed E-state index contributed by atoms with van der Waals surface area (Å²) in [5.74, 6) is 0. The number of aliphatic hydroxyl groups excluding tert-OH is 1. The molecule has 0 bridgehead atoms. The molecule has 1 aliphatic rings. The van der Waals surface area contributed by atoms with Gasteiger partial charge in [-0.3, -0.25) is 0 Å². The summed E-state index contributed by atoms with van der Waals surface area (Å²) in [6, 6.07) is 10.4. The van der Waals surface area contributed by atoms with E-state index in [1.165, 1.54) is 11.3 Å². The van der Waals surface area contributed by atoms with Gasteiger partial charge in [0.25, 0.3) is 0 Å². The van der Waals surface area contributed by atoms with Crippen LogP contribution in [0.4, 0.5) is 5.69 Å². The third-order valence-corrected chi connectivity index (χ3v) is 4.23. The first-order valence-corrected chi connectivity index (χ1v) is 7.32. The number of aliphatic hydroxyl groups is 1. The van der Waals surface area contributed by atoms with Crippen molar-refractivity contribution in [3.63, 3.8) is 0 Å². The Kier molecular flexibility index (Phi) is 3.35. The summed E-state index contributed by atoms with van der Waals surface area (Å²) in [5, 5.41) is 14.5. The molecule has 0 saturated carbocycles. The minimum absolute atomic E-state index is 0.311. The van der Waals surface area contributed by atoms with Crippen LogP contribution in [0, 0.1) is 0 Å². The number of para-hydroxylation sites is 1. The van der Waals surface area contributed by atoms with Crippen LogP contribution >= 0.6 is 11.3 Å². The van der Waals surface area contributed by atoms with E-state index in [4.69, 9.17) is 0 Å². The molecule has 18 heavy (non-hydrogen) atoms. The van der Waals surface area contributed by atoms with Gasteiger partial charge in [0.15, 0.2) is 0 Å². The average molecular weight is 259 g/mol. The van der Waals surface area contributed by atoms with E-state index >= 15 is 0 Å². The summed E-state index contributed by atoms with van der Waals surface area (Å²) in [4.78, 5) is 2.38. The van der Waals surface area contributed by atoms with Gasteiger partial charge in [-0.2, -0.15) is 11.3 Å². The monoisotopic (exact) mass is 259 g/mol. The van der Waals surface area contributed by atoms with Crippen LogP contribution in [0.3, 0.4) is 0 Å². The van der Waals surface area contributed by atoms with E-state index in [0.717, 1.165) is 31.5 Å². The van der Waals surface area contributed by atoms with Crippen LogP contribution in [0.2, 0.25) is 0 Å². The lowest BCUT2D eigenvalue weighted by Crippen LogP contribution is -2.23. The fourth-order valence-corrected chi connectivity index (χ4v) is 3.24. The van der Waals surface area contributed by atoms with E-state index in [9.17, 15) is 5.11 Å². The van der Waals surface area contributed by atoms with Crippen molar-refractivity contribution < 1.29 is 5.11 Å². The highest BCUT2D eigenvalue weighted by Crippen LogP contribution is 2.33. The fourth-order valence-electron chi connectivity index (χ4n) is 2.58. The molecule has 0 amide bonds. The largest absolute Gasteiger partial charge is 0.388 e. The second-order valence-electron chi connectivity index (χ2n) is 4.77. The summed E-state index contributed by atoms with van der Waals surface area (Å²) >= 11 is 1.74. The van der Waals surface area contributed by atoms with Crippen LogP contribution in [0.1, 0.15) is 30.1 Å². The normalized spacial score (nSPS) is 19.4. The minimum atomic E-state index is -0.311. The van der Waals surface area contributed by atoms with E-state index in [0.29, 0.717) is 0 Å². The van der Waals surface area contributed by atoms with E-state index in [2.05, 4.69) is 33.9 Å². The molecule has 3 rings (SSSR count). The fraction of sp³-hybridized carbons (Fsp3) is 0.333. The molecule has 0 aliphatic carbocycles. The van der Waals surface area contributed by atoms with Crippen molar-refractivity contribution in [2.75, 3.05) is 11.4 Å². The summed E-state index contributed by atoms with van der Waals surface area (Å²) in [6.07, 6.45) is 1.59. The second kappa shape index (κ2) is 5.12. The molecule has 1 unspecified atom stereocenters. The lowest BCUT2D eigenvalue weighted by molar-refractivity contribution is 0.168. The molecule has 1 aromatic heterocycles. The van der Waals surface area contributed by atoms with Crippen molar-refractivity contribution in [3.05, 3.63) is 52.2 Å². The molecule has 94 valence electrons. The van der Waals surface area contributed by atoms with Gasteiger partial charge in [0, 0.05) is 24.3 Å². The minimum Gasteiger partial charge on any atom is -0.388 e. The molecular weight excluding hydrogens is 242 g/mol. The number of rotatable bonds is 2. The number of hydrogen-bond acceptors (Lipinski definition) is 3. The zero-order chi connectivity index (χ0) is 12.4. The van der Waals surface area contributed by atoms with Gasteiger partial charge in [0.05, 0.1) is 6.10 Å². The van der Waals surface area contributed by atoms with Gasteiger partial charge in [-0.1, -0.05) is 18.2 Å². The molecule has 1 aromatic carbocycles. The van der Waals surface area contributed by atoms with E-state index in [-0.39, 0.29) is 6.10 Å². The summed E-state index contributed by atoms with van der Waals surface area (Å²) in [5.41, 5.74) is 3.62. The zero-order valence-electron chi connectivity index (χ0n) is 10.2. The van der Waals surface area contributed by atoms with Crippen molar-refractivity contribution in [1.29, 1.82) is 0 Å². The Hall–Kier alpha value is -1.32. The van der Waals surface area contributed by atoms with Crippen LogP contribution in [0.5, 0.6) is 0 Å². The third-order valence-electron chi connectivity index (χ3n) is 3.50. The maximum atomic E-state index is 10.2. The zero-order valence-corrected chi connectivity index (χ0v) is 11.1. The average Bonchev–Trinajstić information content (AvgIpc) is 2.85. The molecule has 1 atom stereocenters. The van der Waals surface area contributed by atoms with Crippen LogP contribution < -0.4 is 4.90 Å². The summed E-state index contributed by atoms with van der Waals surface area (Å²) in [6.45, 7) is 1.96. The van der Waals surface area contributed by atoms with Gasteiger partial charge in [-0.05, 0) is 41.3 Å². The number of thiophene rings is 1. The first kappa shape index (κ1) is 11.8. The highest BCUT2D eigenvalue weighted by Gasteiger charge is 2.20. The van der Waals surface area contributed by atoms with E-state index < -0.39 is 0 Å². The molecule has 2 heterocycles. The van der Waals surface area contributed by atoms with Gasteiger partial charge in [0.2, 0.25) is 0 Å². The molecule has 0 saturated heterocycles. The lowest BCUT2D eigenvalue weighted by atomic mass is 10.0. The maximum absolute atomic E-state index is 10.2. The molecule has 3 heteroatoms. The molecule has 1 N–H and O–H groups in total. The van der Waals surface area contributed by atoms with Crippen LogP contribution in [-0.2, 0) is 6.54 Å². The van der Waals surface area contributed by atoms with Crippen molar-refractivity contribution in [2.24, 2.45) is 0 Å². The van der Waals surface area contributed by atoms with Crippen LogP contribution in [-0.4, -0.2) is 11.7 Å². The van der Waals surface area contributed by atoms with Crippen molar-refractivity contribution in [3.8, 4) is 0 Å². The Morgan fingerprint density at radius 1 is 1.28 bits per heavy atom. The molecule has 0 radical (unpaired) electrons. The Balaban J connectivity index is 1.92. The van der Waals surface area contributed by atoms with E-state index in [1.807, 2.05) is 12.1 Å². The molecular formula is C15H17NOS. The molecule has 1 aliphatic heterocycles. The Labute approximate surface area is 112 Å². The first-order chi connectivity index (χ1) is 8.84. The Morgan fingerprint density at radius 2 is 2.17 bits per heavy atom. The number of nitrogens with zero attached hydrogens (tertiary/aromatic N) is 1. The molecule has 0 spiro atoms. The Bertz CT molecular complexity index is 509. The Morgan fingerprint density at radius 3 is 3.00 bits per heavy atom. The molecule has 2 nitrogen and oxygen atoms in total. The highest BCUT2D eigenvalue weighted by atomic mass is 32.1. The first-order valence-electron chi connectivity index (χ1n) is 6.37. The predicted octanol–water partition coefficient (Wildman–Crippen LogP) is 3.58. The van der Waals surface area contributed by atoms with Crippen LogP contribution in [0.25, 0.3) is 0 Å². The standard InChI is InChI=1S/C15H17NOS/c17-15-6-3-8-16(10-12-7-9-18-11-12)14-5-2-1-4-13(14)15/h1-2,4-5,7,9,11,15,17H,3,6,8,10H2. The number of hydrogen-bond donors (Lipinski definition) is 1. The number of benzene rings is 1. The second-order valence-corrected chi connectivity index (χ2v) is 5.55. The van der Waals surface area contributed by atoms with Gasteiger partial charge in [-0.25, -0.2) is 0 Å². The number of fused-ring (bicyclic) bond motifs is 1. The smallest absolute Gasteiger partial charge is 0.0810 e. The lowest BCUT2D eigenvalue weighted by Gasteiger charge is -2.24. The summed E-state index contributed by atoms with van der Waals surface area (Å²) < 4.78 is 0. The van der Waals surface area contributed by atoms with Gasteiger partial charge >= 0.3 is 0 Å². The highest BCUT2D eigenvalue weighted by molar-refractivity contribution is 7.07. The van der Waals surface area contributed by atoms with Gasteiger partial charge in [-0.15, -0.1) is 0 Å². The predicted molar refractivity (Wildman–Crippen MR) is 76.0 cm³/mol. The van der Waals surface area contributed by atoms with Gasteiger partial charge in [0.1, 0.15) is 0 Å². The topological polar surface area (TPSA) is 23.5 Å². The van der Waals surface area contributed by atoms with Crippen molar-refractivity contribution in [1.82, 2.24) is 0 Å². The quantitative estimate of drug-likeness (QED) is 0.891. The number of anilines is 1. The molecule has 2 aromatic rings. The SMILES string of the molecule is OC1CCCN(Cc2ccsc2)c2ccccc21. The van der Waals surface area contributed by atoms with Crippen LogP contribution in [0.15, 0.2) is 41.1 Å². The van der Waals surface area contributed by atoms with Crippen molar-refractivity contribution >= 4 is 17.0 Å². The van der Waals surface area contributed by atoms with E-state index in [1.54, 1.807) is 11.3 Å². The third kappa shape index (κ3) is 2.28. The van der Waals surface area contributed by atoms with Crippen molar-refractivity contribution in [2.45, 2.75) is 25.5 Å². The maximum Gasteiger partial charge on any atom is 0.0810 e. The summed E-state index contributed by atoms with van der Waals surface area (Å²) in [7, 11) is 0. The van der Waals surface area contributed by atoms with Gasteiger partial charge < -0.3 is 10.0 Å².